The first-order chi connectivity index (χ1) is 9.27. The molecule has 1 saturated carbocycles. The van der Waals surface area contributed by atoms with Gasteiger partial charge in [0.05, 0.1) is 25.1 Å². The zero-order valence-electron chi connectivity index (χ0n) is 11.6. The molecule has 3 N–H and O–H groups in total. The minimum atomic E-state index is 0.146. The smallest absolute Gasteiger partial charge is 0.143 e. The van der Waals surface area contributed by atoms with Gasteiger partial charge in [0.2, 0.25) is 0 Å². The Bertz CT molecular complexity index is 403. The number of aliphatic hydroxyl groups is 1. The van der Waals surface area contributed by atoms with E-state index in [-0.39, 0.29) is 6.61 Å². The van der Waals surface area contributed by atoms with Crippen LogP contribution in [0.3, 0.4) is 0 Å². The van der Waals surface area contributed by atoms with E-state index in [1.807, 2.05) is 18.2 Å². The Balaban J connectivity index is 2.27. The van der Waals surface area contributed by atoms with Crippen molar-refractivity contribution in [1.29, 1.82) is 0 Å². The van der Waals surface area contributed by atoms with Gasteiger partial charge in [0.1, 0.15) is 5.75 Å². The Hall–Kier alpha value is -1.42. The summed E-state index contributed by atoms with van der Waals surface area (Å²) in [6.07, 6.45) is 6.19. The van der Waals surface area contributed by atoms with Crippen LogP contribution in [0.1, 0.15) is 32.1 Å². The molecule has 1 aromatic carbocycles. The number of nitrogen functional groups attached to an aromatic ring is 1. The first kappa shape index (κ1) is 14.0. The van der Waals surface area contributed by atoms with Crippen LogP contribution in [0.5, 0.6) is 5.75 Å². The molecular weight excluding hydrogens is 240 g/mol. The number of benzene rings is 1. The molecule has 4 heteroatoms. The highest BCUT2D eigenvalue weighted by Gasteiger charge is 2.23. The van der Waals surface area contributed by atoms with Crippen LogP contribution in [-0.4, -0.2) is 31.4 Å². The first-order valence-electron chi connectivity index (χ1n) is 7.08. The molecule has 1 aliphatic carbocycles. The van der Waals surface area contributed by atoms with E-state index in [1.54, 1.807) is 7.11 Å². The lowest BCUT2D eigenvalue weighted by atomic mass is 9.93. The number of hydrogen-bond donors (Lipinski definition) is 2. The van der Waals surface area contributed by atoms with Crippen molar-refractivity contribution >= 4 is 11.4 Å². The Labute approximate surface area is 115 Å². The van der Waals surface area contributed by atoms with E-state index in [0.717, 1.165) is 5.69 Å². The summed E-state index contributed by atoms with van der Waals surface area (Å²) in [5.74, 6) is 0.705. The molecule has 0 heterocycles. The van der Waals surface area contributed by atoms with Crippen molar-refractivity contribution in [2.24, 2.45) is 0 Å². The van der Waals surface area contributed by atoms with E-state index in [9.17, 15) is 5.11 Å². The molecule has 1 aliphatic rings. The maximum atomic E-state index is 9.33. The summed E-state index contributed by atoms with van der Waals surface area (Å²) >= 11 is 0. The fourth-order valence-corrected chi connectivity index (χ4v) is 2.96. The van der Waals surface area contributed by atoms with E-state index in [4.69, 9.17) is 10.5 Å². The third-order valence-corrected chi connectivity index (χ3v) is 3.93. The molecule has 1 aromatic rings. The van der Waals surface area contributed by atoms with Crippen molar-refractivity contribution in [3.63, 3.8) is 0 Å². The van der Waals surface area contributed by atoms with E-state index >= 15 is 0 Å². The Morgan fingerprint density at radius 1 is 1.32 bits per heavy atom. The van der Waals surface area contributed by atoms with Crippen LogP contribution in [0.2, 0.25) is 0 Å². The molecule has 0 spiro atoms. The van der Waals surface area contributed by atoms with Crippen LogP contribution in [0.4, 0.5) is 11.4 Å². The Kier molecular flexibility index (Phi) is 4.91. The zero-order valence-corrected chi connectivity index (χ0v) is 11.6. The van der Waals surface area contributed by atoms with E-state index in [0.29, 0.717) is 24.0 Å². The quantitative estimate of drug-likeness (QED) is 0.802. The molecule has 0 atom stereocenters. The van der Waals surface area contributed by atoms with Gasteiger partial charge in [-0.15, -0.1) is 0 Å². The normalized spacial score (nSPS) is 16.3. The van der Waals surface area contributed by atoms with E-state index < -0.39 is 0 Å². The number of para-hydroxylation sites is 1. The second kappa shape index (κ2) is 6.66. The minimum Gasteiger partial charge on any atom is -0.495 e. The molecule has 0 radical (unpaired) electrons. The summed E-state index contributed by atoms with van der Waals surface area (Å²) in [7, 11) is 1.63. The molecule has 4 nitrogen and oxygen atoms in total. The fraction of sp³-hybridized carbons (Fsp3) is 0.600. The van der Waals surface area contributed by atoms with Gasteiger partial charge < -0.3 is 20.5 Å². The van der Waals surface area contributed by atoms with Crippen LogP contribution >= 0.6 is 0 Å². The Morgan fingerprint density at radius 3 is 2.68 bits per heavy atom. The number of nitrogens with two attached hydrogens (primary N) is 1. The highest BCUT2D eigenvalue weighted by molar-refractivity contribution is 5.74. The van der Waals surface area contributed by atoms with E-state index in [2.05, 4.69) is 4.90 Å². The van der Waals surface area contributed by atoms with Gasteiger partial charge in [-0.2, -0.15) is 0 Å². The number of aliphatic hydroxyl groups excluding tert-OH is 1. The summed E-state index contributed by atoms with van der Waals surface area (Å²) in [5, 5.41) is 9.33. The summed E-state index contributed by atoms with van der Waals surface area (Å²) < 4.78 is 5.29. The number of ether oxygens (including phenoxy) is 1. The van der Waals surface area contributed by atoms with Crippen LogP contribution in [0, 0.1) is 0 Å². The van der Waals surface area contributed by atoms with Crippen LogP contribution in [-0.2, 0) is 0 Å². The zero-order chi connectivity index (χ0) is 13.7. The molecule has 106 valence electrons. The van der Waals surface area contributed by atoms with Gasteiger partial charge >= 0.3 is 0 Å². The van der Waals surface area contributed by atoms with Crippen molar-refractivity contribution < 1.29 is 9.84 Å². The van der Waals surface area contributed by atoms with Crippen LogP contribution in [0.25, 0.3) is 0 Å². The third kappa shape index (κ3) is 3.13. The standard InChI is InChI=1S/C15H24N2O2/c1-19-14-9-5-8-13(15(14)16)17(10-11-18)12-6-3-2-4-7-12/h5,8-9,12,18H,2-4,6-7,10-11,16H2,1H3. The number of nitrogens with zero attached hydrogens (tertiary/aromatic N) is 1. The van der Waals surface area contributed by atoms with Crippen LogP contribution < -0.4 is 15.4 Å². The topological polar surface area (TPSA) is 58.7 Å². The third-order valence-electron chi connectivity index (χ3n) is 3.93. The number of methoxy groups -OCH3 is 1. The van der Waals surface area contributed by atoms with Crippen molar-refractivity contribution in [3.05, 3.63) is 18.2 Å². The first-order valence-corrected chi connectivity index (χ1v) is 7.08. The monoisotopic (exact) mass is 264 g/mol. The lowest BCUT2D eigenvalue weighted by Crippen LogP contribution is -2.39. The molecule has 2 rings (SSSR count). The maximum absolute atomic E-state index is 9.33. The van der Waals surface area contributed by atoms with Crippen molar-refractivity contribution in [2.45, 2.75) is 38.1 Å². The summed E-state index contributed by atoms with van der Waals surface area (Å²) in [5.41, 5.74) is 7.84. The van der Waals surface area contributed by atoms with Crippen molar-refractivity contribution in [1.82, 2.24) is 0 Å². The highest BCUT2D eigenvalue weighted by Crippen LogP contribution is 2.35. The highest BCUT2D eigenvalue weighted by atomic mass is 16.5. The molecule has 19 heavy (non-hydrogen) atoms. The summed E-state index contributed by atoms with van der Waals surface area (Å²) in [6.45, 7) is 0.773. The van der Waals surface area contributed by atoms with Crippen molar-refractivity contribution in [3.8, 4) is 5.75 Å². The summed E-state index contributed by atoms with van der Waals surface area (Å²) in [4.78, 5) is 2.25. The number of hydrogen-bond acceptors (Lipinski definition) is 4. The van der Waals surface area contributed by atoms with Gasteiger partial charge in [0.25, 0.3) is 0 Å². The predicted molar refractivity (Wildman–Crippen MR) is 78.7 cm³/mol. The average Bonchev–Trinajstić information content (AvgIpc) is 2.46. The molecule has 1 fully saturated rings. The lowest BCUT2D eigenvalue weighted by Gasteiger charge is -2.36. The maximum Gasteiger partial charge on any atom is 0.143 e. The van der Waals surface area contributed by atoms with Gasteiger partial charge in [-0.25, -0.2) is 0 Å². The fourth-order valence-electron chi connectivity index (χ4n) is 2.96. The van der Waals surface area contributed by atoms with Gasteiger partial charge in [0.15, 0.2) is 0 Å². The lowest BCUT2D eigenvalue weighted by molar-refractivity contribution is 0.290. The predicted octanol–water partition coefficient (Wildman–Crippen LogP) is 2.41. The van der Waals surface area contributed by atoms with Gasteiger partial charge in [-0.05, 0) is 25.0 Å². The average molecular weight is 264 g/mol. The molecule has 0 unspecified atom stereocenters. The number of anilines is 2. The van der Waals surface area contributed by atoms with Crippen molar-refractivity contribution in [2.75, 3.05) is 30.9 Å². The van der Waals surface area contributed by atoms with Crippen LogP contribution in [0.15, 0.2) is 18.2 Å². The molecular formula is C15H24N2O2. The minimum absolute atomic E-state index is 0.146. The van der Waals surface area contributed by atoms with E-state index in [1.165, 1.54) is 32.1 Å². The molecule has 0 aromatic heterocycles. The molecule has 0 aliphatic heterocycles. The Morgan fingerprint density at radius 2 is 2.05 bits per heavy atom. The van der Waals surface area contributed by atoms with Gasteiger partial charge in [0, 0.05) is 12.6 Å². The number of rotatable bonds is 5. The largest absolute Gasteiger partial charge is 0.495 e. The van der Waals surface area contributed by atoms with Gasteiger partial charge in [-0.3, -0.25) is 0 Å². The SMILES string of the molecule is COc1cccc(N(CCO)C2CCCCC2)c1N. The molecule has 0 saturated heterocycles. The molecule has 0 bridgehead atoms. The summed E-state index contributed by atoms with van der Waals surface area (Å²) in [6, 6.07) is 6.33. The van der Waals surface area contributed by atoms with Gasteiger partial charge in [-0.1, -0.05) is 25.3 Å². The molecule has 0 amide bonds. The second-order valence-corrected chi connectivity index (χ2v) is 5.10. The second-order valence-electron chi connectivity index (χ2n) is 5.10.